The Morgan fingerprint density at radius 1 is 1.24 bits per heavy atom. The van der Waals surface area contributed by atoms with Gasteiger partial charge < -0.3 is 10.5 Å². The summed E-state index contributed by atoms with van der Waals surface area (Å²) in [5, 5.41) is 0. The van der Waals surface area contributed by atoms with Gasteiger partial charge >= 0.3 is 6.36 Å². The molecule has 0 radical (unpaired) electrons. The predicted octanol–water partition coefficient (Wildman–Crippen LogP) is 3.32. The van der Waals surface area contributed by atoms with Crippen molar-refractivity contribution >= 4 is 0 Å². The van der Waals surface area contributed by atoms with Gasteiger partial charge in [0.25, 0.3) is 0 Å². The van der Waals surface area contributed by atoms with E-state index in [4.69, 9.17) is 5.73 Å². The van der Waals surface area contributed by atoms with Crippen LogP contribution in [-0.4, -0.2) is 30.4 Å². The first-order valence-corrected chi connectivity index (χ1v) is 7.11. The second kappa shape index (κ2) is 6.23. The summed E-state index contributed by atoms with van der Waals surface area (Å²) in [6.45, 7) is 5.97. The number of hydrogen-bond acceptors (Lipinski definition) is 3. The number of hydrogen-bond donors (Lipinski definition) is 1. The van der Waals surface area contributed by atoms with Gasteiger partial charge in [0.05, 0.1) is 0 Å². The van der Waals surface area contributed by atoms with Gasteiger partial charge in [-0.05, 0) is 50.4 Å². The topological polar surface area (TPSA) is 38.5 Å². The van der Waals surface area contributed by atoms with Crippen molar-refractivity contribution in [1.82, 2.24) is 4.90 Å². The van der Waals surface area contributed by atoms with E-state index >= 15 is 0 Å². The van der Waals surface area contributed by atoms with E-state index in [1.807, 2.05) is 6.92 Å². The molecule has 1 saturated heterocycles. The van der Waals surface area contributed by atoms with Gasteiger partial charge in [-0.15, -0.1) is 13.2 Å². The maximum Gasteiger partial charge on any atom is 0.573 e. The van der Waals surface area contributed by atoms with E-state index in [-0.39, 0.29) is 17.8 Å². The van der Waals surface area contributed by atoms with Crippen LogP contribution in [0.25, 0.3) is 0 Å². The largest absolute Gasteiger partial charge is 0.573 e. The molecule has 3 atom stereocenters. The number of nitrogens with two attached hydrogens (primary N) is 1. The highest BCUT2D eigenvalue weighted by Crippen LogP contribution is 2.30. The summed E-state index contributed by atoms with van der Waals surface area (Å²) in [5.74, 6) is 0.300. The maximum absolute atomic E-state index is 12.1. The third kappa shape index (κ3) is 4.35. The van der Waals surface area contributed by atoms with Gasteiger partial charge in [-0.2, -0.15) is 0 Å². The number of rotatable bonds is 4. The van der Waals surface area contributed by atoms with Crippen molar-refractivity contribution in [2.45, 2.75) is 38.7 Å². The standard InChI is InChI=1S/C15H21F3N2O/c1-10(19)13-7-8-20(9-13)11(2)12-3-5-14(6-4-12)21-15(16,17)18/h3-6,10-11,13H,7-9,19H2,1-2H3. The molecule has 118 valence electrons. The average Bonchev–Trinajstić information content (AvgIpc) is 2.86. The molecule has 1 aromatic carbocycles. The van der Waals surface area contributed by atoms with Crippen molar-refractivity contribution in [3.8, 4) is 5.75 Å². The smallest absolute Gasteiger partial charge is 0.406 e. The lowest BCUT2D eigenvalue weighted by molar-refractivity contribution is -0.274. The normalized spacial score (nSPS) is 23.0. The van der Waals surface area contributed by atoms with Crippen LogP contribution in [-0.2, 0) is 0 Å². The third-order valence-corrected chi connectivity index (χ3v) is 4.14. The number of ether oxygens (including phenoxy) is 1. The molecular weight excluding hydrogens is 281 g/mol. The molecule has 0 aromatic heterocycles. The fourth-order valence-corrected chi connectivity index (χ4v) is 2.76. The lowest BCUT2D eigenvalue weighted by Crippen LogP contribution is -2.30. The molecule has 2 rings (SSSR count). The van der Waals surface area contributed by atoms with Crippen LogP contribution in [0.4, 0.5) is 13.2 Å². The van der Waals surface area contributed by atoms with Crippen LogP contribution in [0.15, 0.2) is 24.3 Å². The van der Waals surface area contributed by atoms with Crippen molar-refractivity contribution < 1.29 is 17.9 Å². The van der Waals surface area contributed by atoms with Crippen molar-refractivity contribution in [1.29, 1.82) is 0 Å². The lowest BCUT2D eigenvalue weighted by Gasteiger charge is -2.25. The maximum atomic E-state index is 12.1. The first-order valence-electron chi connectivity index (χ1n) is 7.11. The van der Waals surface area contributed by atoms with E-state index in [0.717, 1.165) is 25.1 Å². The zero-order valence-corrected chi connectivity index (χ0v) is 12.2. The minimum absolute atomic E-state index is 0.161. The molecule has 0 bridgehead atoms. The number of likely N-dealkylation sites (tertiary alicyclic amines) is 1. The monoisotopic (exact) mass is 302 g/mol. The van der Waals surface area contributed by atoms with Crippen molar-refractivity contribution in [2.24, 2.45) is 11.7 Å². The summed E-state index contributed by atoms with van der Waals surface area (Å²) in [4.78, 5) is 2.31. The summed E-state index contributed by atoms with van der Waals surface area (Å²) in [5.41, 5.74) is 6.91. The molecule has 0 spiro atoms. The Hall–Kier alpha value is -1.27. The first-order chi connectivity index (χ1) is 9.76. The molecular formula is C15H21F3N2O. The summed E-state index contributed by atoms with van der Waals surface area (Å²) in [6.07, 6.45) is -3.58. The van der Waals surface area contributed by atoms with Crippen LogP contribution in [0, 0.1) is 5.92 Å². The van der Waals surface area contributed by atoms with E-state index in [1.54, 1.807) is 12.1 Å². The molecule has 1 aliphatic rings. The molecule has 1 aliphatic heterocycles. The third-order valence-electron chi connectivity index (χ3n) is 4.14. The minimum atomic E-state index is -4.65. The molecule has 2 N–H and O–H groups in total. The summed E-state index contributed by atoms with van der Waals surface area (Å²) in [6, 6.07) is 6.42. The zero-order chi connectivity index (χ0) is 15.6. The number of nitrogens with zero attached hydrogens (tertiary/aromatic N) is 1. The second-order valence-corrected chi connectivity index (χ2v) is 5.70. The Balaban J connectivity index is 1.99. The Kier molecular flexibility index (Phi) is 4.78. The average molecular weight is 302 g/mol. The number of alkyl halides is 3. The molecule has 1 fully saturated rings. The van der Waals surface area contributed by atoms with Gasteiger partial charge in [0.2, 0.25) is 0 Å². The summed E-state index contributed by atoms with van der Waals surface area (Å²) >= 11 is 0. The van der Waals surface area contributed by atoms with E-state index < -0.39 is 6.36 Å². The number of halogens is 3. The van der Waals surface area contributed by atoms with E-state index in [2.05, 4.69) is 16.6 Å². The molecule has 0 saturated carbocycles. The molecule has 21 heavy (non-hydrogen) atoms. The quantitative estimate of drug-likeness (QED) is 0.927. The lowest BCUT2D eigenvalue weighted by atomic mass is 10.0. The van der Waals surface area contributed by atoms with Crippen molar-refractivity contribution in [2.75, 3.05) is 13.1 Å². The van der Waals surface area contributed by atoms with Crippen LogP contribution in [0.2, 0.25) is 0 Å². The van der Waals surface area contributed by atoms with E-state index in [0.29, 0.717) is 5.92 Å². The fraction of sp³-hybridized carbons (Fsp3) is 0.600. The molecule has 1 heterocycles. The Morgan fingerprint density at radius 3 is 2.33 bits per heavy atom. The SMILES string of the molecule is CC(N)C1CCN(C(C)c2ccc(OC(F)(F)F)cc2)C1. The first kappa shape index (κ1) is 16.1. The van der Waals surface area contributed by atoms with Crippen molar-refractivity contribution in [3.63, 3.8) is 0 Å². The van der Waals surface area contributed by atoms with Crippen LogP contribution < -0.4 is 10.5 Å². The molecule has 0 aliphatic carbocycles. The highest BCUT2D eigenvalue weighted by Gasteiger charge is 2.31. The Labute approximate surface area is 122 Å². The van der Waals surface area contributed by atoms with Gasteiger partial charge in [0, 0.05) is 18.6 Å². The highest BCUT2D eigenvalue weighted by molar-refractivity contribution is 5.29. The van der Waals surface area contributed by atoms with Gasteiger partial charge in [-0.1, -0.05) is 12.1 Å². The Bertz CT molecular complexity index is 459. The summed E-state index contributed by atoms with van der Waals surface area (Å²) < 4.78 is 40.2. The van der Waals surface area contributed by atoms with Gasteiger partial charge in [0.15, 0.2) is 0 Å². The van der Waals surface area contributed by atoms with Crippen LogP contribution in [0.3, 0.4) is 0 Å². The molecule has 3 nitrogen and oxygen atoms in total. The zero-order valence-electron chi connectivity index (χ0n) is 12.2. The molecule has 6 heteroatoms. The summed E-state index contributed by atoms with van der Waals surface area (Å²) in [7, 11) is 0. The van der Waals surface area contributed by atoms with Crippen molar-refractivity contribution in [3.05, 3.63) is 29.8 Å². The molecule has 3 unspecified atom stereocenters. The van der Waals surface area contributed by atoms with Gasteiger partial charge in [-0.25, -0.2) is 0 Å². The van der Waals surface area contributed by atoms with E-state index in [1.165, 1.54) is 12.1 Å². The van der Waals surface area contributed by atoms with Gasteiger partial charge in [-0.3, -0.25) is 4.90 Å². The second-order valence-electron chi connectivity index (χ2n) is 5.70. The van der Waals surface area contributed by atoms with Gasteiger partial charge in [0.1, 0.15) is 5.75 Å². The molecule has 1 aromatic rings. The van der Waals surface area contributed by atoms with Crippen LogP contribution in [0.5, 0.6) is 5.75 Å². The Morgan fingerprint density at radius 2 is 1.86 bits per heavy atom. The molecule has 0 amide bonds. The predicted molar refractivity (Wildman–Crippen MR) is 74.9 cm³/mol. The van der Waals surface area contributed by atoms with Crippen LogP contribution >= 0.6 is 0 Å². The van der Waals surface area contributed by atoms with Crippen LogP contribution in [0.1, 0.15) is 31.9 Å². The highest BCUT2D eigenvalue weighted by atomic mass is 19.4. The fourth-order valence-electron chi connectivity index (χ4n) is 2.76. The van der Waals surface area contributed by atoms with E-state index in [9.17, 15) is 13.2 Å². The minimum Gasteiger partial charge on any atom is -0.406 e. The number of benzene rings is 1.